The summed E-state index contributed by atoms with van der Waals surface area (Å²) in [6.07, 6.45) is 0. The predicted octanol–water partition coefficient (Wildman–Crippen LogP) is 4.52. The fourth-order valence-electron chi connectivity index (χ4n) is 2.80. The first kappa shape index (κ1) is 18.5. The summed E-state index contributed by atoms with van der Waals surface area (Å²) in [6.45, 7) is 4.83. The lowest BCUT2D eigenvalue weighted by atomic mass is 9.95. The number of fused-ring (bicyclic) bond motifs is 1. The number of nitrogens with one attached hydrogen (secondary N) is 1. The van der Waals surface area contributed by atoms with Crippen LogP contribution in [0.2, 0.25) is 5.02 Å². The number of hydrogen-bond donors (Lipinski definition) is 1. The van der Waals surface area contributed by atoms with Crippen LogP contribution in [0.3, 0.4) is 0 Å². The Balaban J connectivity index is 1.87. The van der Waals surface area contributed by atoms with E-state index in [0.29, 0.717) is 24.7 Å². The van der Waals surface area contributed by atoms with Gasteiger partial charge in [0.05, 0.1) is 16.6 Å². The molecule has 7 heteroatoms. The number of rotatable bonds is 4. The van der Waals surface area contributed by atoms with Gasteiger partial charge in [0.15, 0.2) is 23.1 Å². The molecule has 2 aromatic rings. The van der Waals surface area contributed by atoms with Crippen molar-refractivity contribution in [2.24, 2.45) is 5.92 Å². The highest BCUT2D eigenvalue weighted by Gasteiger charge is 2.23. The normalized spacial score (nSPS) is 14.2. The summed E-state index contributed by atoms with van der Waals surface area (Å²) in [7, 11) is 0. The minimum Gasteiger partial charge on any atom is -0.486 e. The molecule has 1 atom stereocenters. The highest BCUT2D eigenvalue weighted by atomic mass is 35.5. The van der Waals surface area contributed by atoms with E-state index < -0.39 is 17.5 Å². The molecule has 1 unspecified atom stereocenters. The van der Waals surface area contributed by atoms with Gasteiger partial charge in [0, 0.05) is 0 Å². The van der Waals surface area contributed by atoms with E-state index in [9.17, 15) is 13.6 Å². The van der Waals surface area contributed by atoms with Crippen molar-refractivity contribution in [3.05, 3.63) is 58.1 Å². The predicted molar refractivity (Wildman–Crippen MR) is 93.8 cm³/mol. The molecule has 1 heterocycles. The van der Waals surface area contributed by atoms with Crippen LogP contribution in [0, 0.1) is 17.6 Å². The van der Waals surface area contributed by atoms with Crippen molar-refractivity contribution in [3.8, 4) is 11.5 Å². The smallest absolute Gasteiger partial charge is 0.253 e. The van der Waals surface area contributed by atoms with Crippen molar-refractivity contribution < 1.29 is 23.0 Å². The Morgan fingerprint density at radius 3 is 2.42 bits per heavy atom. The van der Waals surface area contributed by atoms with E-state index in [1.807, 2.05) is 26.0 Å². The average molecular weight is 382 g/mol. The molecule has 0 radical (unpaired) electrons. The molecular formula is C19H18ClF2NO3. The van der Waals surface area contributed by atoms with E-state index in [1.54, 1.807) is 6.07 Å². The van der Waals surface area contributed by atoms with Crippen molar-refractivity contribution in [1.82, 2.24) is 5.32 Å². The van der Waals surface area contributed by atoms with Gasteiger partial charge in [-0.1, -0.05) is 31.5 Å². The maximum absolute atomic E-state index is 13.5. The summed E-state index contributed by atoms with van der Waals surface area (Å²) in [4.78, 5) is 12.6. The third-order valence-corrected chi connectivity index (χ3v) is 4.45. The number of benzene rings is 2. The molecule has 1 aliphatic heterocycles. The number of ether oxygens (including phenoxy) is 2. The lowest BCUT2D eigenvalue weighted by Crippen LogP contribution is -2.32. The van der Waals surface area contributed by atoms with Crippen LogP contribution in [0.15, 0.2) is 30.3 Å². The molecule has 0 fully saturated rings. The molecular weight excluding hydrogens is 364 g/mol. The molecule has 0 aromatic heterocycles. The zero-order chi connectivity index (χ0) is 18.8. The monoisotopic (exact) mass is 381 g/mol. The summed E-state index contributed by atoms with van der Waals surface area (Å²) in [5.41, 5.74) is 0.699. The quantitative estimate of drug-likeness (QED) is 0.792. The Kier molecular flexibility index (Phi) is 5.32. The van der Waals surface area contributed by atoms with Crippen LogP contribution < -0.4 is 14.8 Å². The van der Waals surface area contributed by atoms with Crippen LogP contribution in [0.4, 0.5) is 8.78 Å². The van der Waals surface area contributed by atoms with Gasteiger partial charge in [-0.05, 0) is 35.7 Å². The van der Waals surface area contributed by atoms with E-state index in [2.05, 4.69) is 5.32 Å². The zero-order valence-electron chi connectivity index (χ0n) is 14.3. The van der Waals surface area contributed by atoms with Gasteiger partial charge >= 0.3 is 0 Å². The maximum atomic E-state index is 13.5. The highest BCUT2D eigenvalue weighted by Crippen LogP contribution is 2.34. The van der Waals surface area contributed by atoms with E-state index in [-0.39, 0.29) is 22.5 Å². The molecule has 1 amide bonds. The van der Waals surface area contributed by atoms with Crippen LogP contribution in [-0.2, 0) is 0 Å². The topological polar surface area (TPSA) is 47.6 Å². The van der Waals surface area contributed by atoms with Crippen LogP contribution in [0.25, 0.3) is 0 Å². The first-order valence-corrected chi connectivity index (χ1v) is 8.59. The van der Waals surface area contributed by atoms with Crippen LogP contribution in [0.1, 0.15) is 35.8 Å². The standard InChI is InChI=1S/C19H18ClF2NO3/c1-10(2)18(11-3-4-16-17(7-11)26-6-5-25-16)23-19(24)12-8-14(21)15(22)9-13(12)20/h3-4,7-10,18H,5-6H2,1-2H3,(H,23,24). The molecule has 0 bridgehead atoms. The number of carbonyl (C=O) groups is 1. The SMILES string of the molecule is CC(C)C(NC(=O)c1cc(F)c(F)cc1Cl)c1ccc2c(c1)OCCO2. The second kappa shape index (κ2) is 7.50. The van der Waals surface area contributed by atoms with Gasteiger partial charge in [-0.15, -0.1) is 0 Å². The largest absolute Gasteiger partial charge is 0.486 e. The molecule has 1 N–H and O–H groups in total. The lowest BCUT2D eigenvalue weighted by Gasteiger charge is -2.25. The average Bonchev–Trinajstić information content (AvgIpc) is 2.61. The Hall–Kier alpha value is -2.34. The van der Waals surface area contributed by atoms with Gasteiger partial charge in [-0.25, -0.2) is 8.78 Å². The number of halogens is 3. The number of amides is 1. The summed E-state index contributed by atoms with van der Waals surface area (Å²) in [5.74, 6) is -1.51. The summed E-state index contributed by atoms with van der Waals surface area (Å²) < 4.78 is 37.8. The fourth-order valence-corrected chi connectivity index (χ4v) is 3.04. The van der Waals surface area contributed by atoms with E-state index in [1.165, 1.54) is 0 Å². The lowest BCUT2D eigenvalue weighted by molar-refractivity contribution is 0.0925. The van der Waals surface area contributed by atoms with Crippen molar-refractivity contribution >= 4 is 17.5 Å². The van der Waals surface area contributed by atoms with Crippen molar-refractivity contribution in [1.29, 1.82) is 0 Å². The minimum atomic E-state index is -1.13. The van der Waals surface area contributed by atoms with Gasteiger partial charge in [0.1, 0.15) is 13.2 Å². The molecule has 0 aliphatic carbocycles. The van der Waals surface area contributed by atoms with Crippen LogP contribution >= 0.6 is 11.6 Å². The molecule has 138 valence electrons. The molecule has 0 spiro atoms. The van der Waals surface area contributed by atoms with Crippen LogP contribution in [-0.4, -0.2) is 19.1 Å². The van der Waals surface area contributed by atoms with Crippen LogP contribution in [0.5, 0.6) is 11.5 Å². The minimum absolute atomic E-state index is 0.0329. The van der Waals surface area contributed by atoms with Gasteiger partial charge in [-0.3, -0.25) is 4.79 Å². The van der Waals surface area contributed by atoms with Crippen molar-refractivity contribution in [3.63, 3.8) is 0 Å². The Morgan fingerprint density at radius 1 is 1.08 bits per heavy atom. The van der Waals surface area contributed by atoms with Gasteiger partial charge in [-0.2, -0.15) is 0 Å². The molecule has 2 aromatic carbocycles. The Bertz CT molecular complexity index is 842. The third kappa shape index (κ3) is 3.75. The first-order valence-electron chi connectivity index (χ1n) is 8.21. The second-order valence-electron chi connectivity index (χ2n) is 6.34. The maximum Gasteiger partial charge on any atom is 0.253 e. The van der Waals surface area contributed by atoms with E-state index in [4.69, 9.17) is 21.1 Å². The van der Waals surface area contributed by atoms with Gasteiger partial charge < -0.3 is 14.8 Å². The summed E-state index contributed by atoms with van der Waals surface area (Å²) in [6, 6.07) is 6.66. The van der Waals surface area contributed by atoms with Crippen molar-refractivity contribution in [2.75, 3.05) is 13.2 Å². The van der Waals surface area contributed by atoms with Crippen molar-refractivity contribution in [2.45, 2.75) is 19.9 Å². The van der Waals surface area contributed by atoms with E-state index in [0.717, 1.165) is 17.7 Å². The first-order chi connectivity index (χ1) is 12.4. The Morgan fingerprint density at radius 2 is 1.73 bits per heavy atom. The second-order valence-corrected chi connectivity index (χ2v) is 6.75. The fraction of sp³-hybridized carbons (Fsp3) is 0.316. The molecule has 3 rings (SSSR count). The van der Waals surface area contributed by atoms with E-state index >= 15 is 0 Å². The zero-order valence-corrected chi connectivity index (χ0v) is 15.1. The summed E-state index contributed by atoms with van der Waals surface area (Å²) in [5, 5.41) is 2.69. The van der Waals surface area contributed by atoms with Gasteiger partial charge in [0.2, 0.25) is 0 Å². The number of carbonyl (C=O) groups excluding carboxylic acids is 1. The van der Waals surface area contributed by atoms with Gasteiger partial charge in [0.25, 0.3) is 5.91 Å². The Labute approximate surface area is 155 Å². The molecule has 26 heavy (non-hydrogen) atoms. The highest BCUT2D eigenvalue weighted by molar-refractivity contribution is 6.33. The molecule has 4 nitrogen and oxygen atoms in total. The molecule has 1 aliphatic rings. The molecule has 0 saturated carbocycles. The third-order valence-electron chi connectivity index (χ3n) is 4.13. The molecule has 0 saturated heterocycles. The number of hydrogen-bond acceptors (Lipinski definition) is 3. The summed E-state index contributed by atoms with van der Waals surface area (Å²) >= 11 is 5.90.